The van der Waals surface area contributed by atoms with Crippen molar-refractivity contribution in [3.8, 4) is 11.8 Å². The number of aryl methyl sites for hydroxylation is 1. The second-order valence-corrected chi connectivity index (χ2v) is 4.74. The highest BCUT2D eigenvalue weighted by Gasteiger charge is 2.12. The van der Waals surface area contributed by atoms with Gasteiger partial charge in [0.15, 0.2) is 0 Å². The van der Waals surface area contributed by atoms with Crippen LogP contribution < -0.4 is 11.3 Å². The highest BCUT2D eigenvalue weighted by atomic mass is 127. The number of hydrogen-bond donors (Lipinski definition) is 2. The van der Waals surface area contributed by atoms with Gasteiger partial charge in [-0.05, 0) is 54.0 Å². The van der Waals surface area contributed by atoms with E-state index >= 15 is 0 Å². The minimum absolute atomic E-state index is 0.188. The molecule has 86 valence electrons. The van der Waals surface area contributed by atoms with Crippen molar-refractivity contribution < 1.29 is 0 Å². The van der Waals surface area contributed by atoms with Crippen LogP contribution in [0.2, 0.25) is 0 Å². The van der Waals surface area contributed by atoms with E-state index in [4.69, 9.17) is 5.84 Å². The first-order valence-electron chi connectivity index (χ1n) is 5.31. The first-order chi connectivity index (χ1) is 7.70. The Morgan fingerprint density at radius 2 is 2.25 bits per heavy atom. The van der Waals surface area contributed by atoms with Crippen LogP contribution in [0.1, 0.15) is 36.9 Å². The van der Waals surface area contributed by atoms with E-state index in [1.165, 1.54) is 14.7 Å². The predicted molar refractivity (Wildman–Crippen MR) is 76.6 cm³/mol. The van der Waals surface area contributed by atoms with Crippen molar-refractivity contribution in [3.63, 3.8) is 0 Å². The van der Waals surface area contributed by atoms with Crippen molar-refractivity contribution in [2.75, 3.05) is 0 Å². The van der Waals surface area contributed by atoms with E-state index in [-0.39, 0.29) is 6.04 Å². The fraction of sp³-hybridized carbons (Fsp3) is 0.385. The zero-order valence-corrected chi connectivity index (χ0v) is 11.8. The highest BCUT2D eigenvalue weighted by molar-refractivity contribution is 14.1. The monoisotopic (exact) mass is 328 g/mol. The first-order valence-corrected chi connectivity index (χ1v) is 6.39. The molecule has 0 amide bonds. The van der Waals surface area contributed by atoms with Gasteiger partial charge in [0, 0.05) is 16.0 Å². The summed E-state index contributed by atoms with van der Waals surface area (Å²) in [6.07, 6.45) is 1.81. The van der Waals surface area contributed by atoms with E-state index in [0.29, 0.717) is 0 Å². The van der Waals surface area contributed by atoms with Crippen LogP contribution in [-0.2, 0) is 0 Å². The summed E-state index contributed by atoms with van der Waals surface area (Å²) in [6, 6.07) is 6.50. The molecule has 0 radical (unpaired) electrons. The molecular weight excluding hydrogens is 311 g/mol. The topological polar surface area (TPSA) is 38.0 Å². The van der Waals surface area contributed by atoms with Gasteiger partial charge >= 0.3 is 0 Å². The number of hydrogen-bond acceptors (Lipinski definition) is 2. The lowest BCUT2D eigenvalue weighted by atomic mass is 10.0. The Morgan fingerprint density at radius 1 is 1.50 bits per heavy atom. The smallest absolute Gasteiger partial charge is 0.0479 e. The first kappa shape index (κ1) is 13.5. The molecule has 0 aliphatic carbocycles. The maximum absolute atomic E-state index is 5.60. The molecule has 1 aromatic rings. The van der Waals surface area contributed by atoms with Gasteiger partial charge in [0.1, 0.15) is 0 Å². The number of hydrazine groups is 1. The highest BCUT2D eigenvalue weighted by Crippen LogP contribution is 2.25. The Balaban J connectivity index is 2.85. The summed E-state index contributed by atoms with van der Waals surface area (Å²) < 4.78 is 1.28. The molecule has 0 bridgehead atoms. The van der Waals surface area contributed by atoms with Gasteiger partial charge in [0.25, 0.3) is 0 Å². The Labute approximate surface area is 111 Å². The lowest BCUT2D eigenvalue weighted by Gasteiger charge is -2.17. The molecule has 3 heteroatoms. The number of nitrogens with two attached hydrogens (primary N) is 1. The third-order valence-electron chi connectivity index (χ3n) is 2.53. The van der Waals surface area contributed by atoms with Crippen LogP contribution in [-0.4, -0.2) is 0 Å². The number of rotatable bonds is 4. The van der Waals surface area contributed by atoms with E-state index < -0.39 is 0 Å². The van der Waals surface area contributed by atoms with Gasteiger partial charge in [-0.2, -0.15) is 0 Å². The van der Waals surface area contributed by atoms with Crippen LogP contribution in [0.3, 0.4) is 0 Å². The zero-order valence-electron chi connectivity index (χ0n) is 9.68. The minimum Gasteiger partial charge on any atom is -0.271 e. The molecule has 2 nitrogen and oxygen atoms in total. The molecule has 0 saturated heterocycles. The summed E-state index contributed by atoms with van der Waals surface area (Å²) in [5.41, 5.74) is 5.43. The average Bonchev–Trinajstić information content (AvgIpc) is 2.29. The Bertz CT molecular complexity index is 404. The summed E-state index contributed by atoms with van der Waals surface area (Å²) in [5.74, 6) is 11.6. The summed E-state index contributed by atoms with van der Waals surface area (Å²) >= 11 is 2.37. The van der Waals surface area contributed by atoms with E-state index in [9.17, 15) is 0 Å². The molecular formula is C13H17IN2. The molecule has 0 saturated carbocycles. The standard InChI is InChI=1S/C13H17IN2/c1-3-4-5-9-12(16-15)11-8-6-7-10(2)13(11)14/h6-8,12,16H,5,9,15H2,1-2H3. The predicted octanol–water partition coefficient (Wildman–Crippen LogP) is 2.91. The Kier molecular flexibility index (Phi) is 5.81. The molecule has 0 aliphatic rings. The Hall–Kier alpha value is -0.570. The largest absolute Gasteiger partial charge is 0.271 e. The molecule has 0 heterocycles. The maximum atomic E-state index is 5.60. The van der Waals surface area contributed by atoms with Crippen LogP contribution in [0, 0.1) is 22.3 Å². The van der Waals surface area contributed by atoms with Gasteiger partial charge in [-0.15, -0.1) is 11.8 Å². The minimum atomic E-state index is 0.188. The van der Waals surface area contributed by atoms with E-state index in [1.54, 1.807) is 0 Å². The molecule has 0 aromatic heterocycles. The lowest BCUT2D eigenvalue weighted by molar-refractivity contribution is 0.521. The summed E-state index contributed by atoms with van der Waals surface area (Å²) in [6.45, 7) is 3.98. The molecule has 16 heavy (non-hydrogen) atoms. The SMILES string of the molecule is CC#CCCC(NN)c1cccc(C)c1I. The second-order valence-electron chi connectivity index (χ2n) is 3.66. The number of nitrogens with one attached hydrogen (secondary N) is 1. The van der Waals surface area contributed by atoms with Gasteiger partial charge in [-0.25, -0.2) is 0 Å². The van der Waals surface area contributed by atoms with E-state index in [2.05, 4.69) is 65.0 Å². The van der Waals surface area contributed by atoms with Crippen molar-refractivity contribution >= 4 is 22.6 Å². The molecule has 3 N–H and O–H groups in total. The van der Waals surface area contributed by atoms with Gasteiger partial charge < -0.3 is 0 Å². The average molecular weight is 328 g/mol. The van der Waals surface area contributed by atoms with E-state index in [1.807, 2.05) is 6.92 Å². The van der Waals surface area contributed by atoms with Crippen LogP contribution in [0.15, 0.2) is 18.2 Å². The van der Waals surface area contributed by atoms with Crippen molar-refractivity contribution in [2.24, 2.45) is 5.84 Å². The van der Waals surface area contributed by atoms with Crippen LogP contribution in [0.5, 0.6) is 0 Å². The lowest BCUT2D eigenvalue weighted by Crippen LogP contribution is -2.28. The fourth-order valence-corrected chi connectivity index (χ4v) is 2.34. The summed E-state index contributed by atoms with van der Waals surface area (Å²) in [7, 11) is 0. The third kappa shape index (κ3) is 3.48. The van der Waals surface area contributed by atoms with Gasteiger partial charge in [-0.1, -0.05) is 18.2 Å². The van der Waals surface area contributed by atoms with Crippen molar-refractivity contribution in [1.29, 1.82) is 0 Å². The molecule has 1 atom stereocenters. The summed E-state index contributed by atoms with van der Waals surface area (Å²) in [5, 5.41) is 0. The molecule has 1 rings (SSSR count). The molecule has 0 aliphatic heterocycles. The van der Waals surface area contributed by atoms with Crippen molar-refractivity contribution in [1.82, 2.24) is 5.43 Å². The fourth-order valence-electron chi connectivity index (χ4n) is 1.61. The Morgan fingerprint density at radius 3 is 2.88 bits per heavy atom. The van der Waals surface area contributed by atoms with Gasteiger partial charge in [0.05, 0.1) is 0 Å². The molecule has 0 spiro atoms. The van der Waals surface area contributed by atoms with Crippen molar-refractivity contribution in [3.05, 3.63) is 32.9 Å². The normalized spacial score (nSPS) is 11.8. The van der Waals surface area contributed by atoms with Crippen LogP contribution >= 0.6 is 22.6 Å². The van der Waals surface area contributed by atoms with Gasteiger partial charge in [-0.3, -0.25) is 11.3 Å². The summed E-state index contributed by atoms with van der Waals surface area (Å²) in [4.78, 5) is 0. The number of benzene rings is 1. The van der Waals surface area contributed by atoms with E-state index in [0.717, 1.165) is 12.8 Å². The van der Waals surface area contributed by atoms with Crippen molar-refractivity contribution in [2.45, 2.75) is 32.7 Å². The quantitative estimate of drug-likeness (QED) is 0.386. The van der Waals surface area contributed by atoms with Gasteiger partial charge in [0.2, 0.25) is 0 Å². The van der Waals surface area contributed by atoms with Crippen LogP contribution in [0.25, 0.3) is 0 Å². The number of halogens is 1. The second kappa shape index (κ2) is 6.89. The molecule has 1 unspecified atom stereocenters. The maximum Gasteiger partial charge on any atom is 0.0479 e. The van der Waals surface area contributed by atoms with Crippen LogP contribution in [0.4, 0.5) is 0 Å². The third-order valence-corrected chi connectivity index (χ3v) is 4.01. The zero-order chi connectivity index (χ0) is 12.0. The molecule has 1 aromatic carbocycles. The molecule has 0 fully saturated rings.